The minimum atomic E-state index is 0.652. The Balaban J connectivity index is 3.54. The summed E-state index contributed by atoms with van der Waals surface area (Å²) in [5, 5.41) is 0. The fourth-order valence-electron chi connectivity index (χ4n) is 1.01. The number of nitrogens with zero attached hydrogens (tertiary/aromatic N) is 1. The van der Waals surface area contributed by atoms with Crippen LogP contribution in [0.5, 0.6) is 0 Å². The SMILES string of the molecule is CCCCCC(=NCCOC)NN. The quantitative estimate of drug-likeness (QED) is 0.206. The zero-order valence-electron chi connectivity index (χ0n) is 8.68. The van der Waals surface area contributed by atoms with Crippen molar-refractivity contribution >= 4 is 5.84 Å². The van der Waals surface area contributed by atoms with Crippen LogP contribution in [0.1, 0.15) is 32.6 Å². The third kappa shape index (κ3) is 7.74. The molecule has 0 unspecified atom stereocenters. The molecular formula is C9H21N3O. The van der Waals surface area contributed by atoms with Gasteiger partial charge in [0.1, 0.15) is 5.84 Å². The monoisotopic (exact) mass is 187 g/mol. The molecule has 78 valence electrons. The molecule has 0 fully saturated rings. The van der Waals surface area contributed by atoms with E-state index >= 15 is 0 Å². The summed E-state index contributed by atoms with van der Waals surface area (Å²) in [6.07, 6.45) is 4.53. The van der Waals surface area contributed by atoms with Gasteiger partial charge < -0.3 is 10.2 Å². The molecule has 0 rings (SSSR count). The number of ether oxygens (including phenoxy) is 1. The molecule has 0 aliphatic carbocycles. The molecule has 0 saturated carbocycles. The van der Waals surface area contributed by atoms with E-state index in [1.54, 1.807) is 7.11 Å². The second-order valence-electron chi connectivity index (χ2n) is 2.92. The van der Waals surface area contributed by atoms with Crippen molar-refractivity contribution < 1.29 is 4.74 Å². The number of aliphatic imine (C=N–C) groups is 1. The Bertz CT molecular complexity index is 137. The number of nitrogens with two attached hydrogens (primary N) is 1. The summed E-state index contributed by atoms with van der Waals surface area (Å²) >= 11 is 0. The second kappa shape index (κ2) is 9.48. The first kappa shape index (κ1) is 12.4. The van der Waals surface area contributed by atoms with Crippen LogP contribution in [0.25, 0.3) is 0 Å². The van der Waals surface area contributed by atoms with Gasteiger partial charge in [0.2, 0.25) is 0 Å². The summed E-state index contributed by atoms with van der Waals surface area (Å²) in [6, 6.07) is 0. The first-order valence-corrected chi connectivity index (χ1v) is 4.84. The van der Waals surface area contributed by atoms with E-state index < -0.39 is 0 Å². The van der Waals surface area contributed by atoms with Gasteiger partial charge in [-0.15, -0.1) is 0 Å². The molecule has 0 bridgehead atoms. The van der Waals surface area contributed by atoms with E-state index in [9.17, 15) is 0 Å². The highest BCUT2D eigenvalue weighted by molar-refractivity contribution is 5.81. The van der Waals surface area contributed by atoms with Crippen molar-refractivity contribution in [3.05, 3.63) is 0 Å². The van der Waals surface area contributed by atoms with E-state index in [-0.39, 0.29) is 0 Å². The van der Waals surface area contributed by atoms with Crippen LogP contribution in [0.3, 0.4) is 0 Å². The van der Waals surface area contributed by atoms with Crippen molar-refractivity contribution in [2.75, 3.05) is 20.3 Å². The summed E-state index contributed by atoms with van der Waals surface area (Å²) in [7, 11) is 1.67. The van der Waals surface area contributed by atoms with Crippen LogP contribution in [-0.4, -0.2) is 26.1 Å². The summed E-state index contributed by atoms with van der Waals surface area (Å²) < 4.78 is 4.89. The van der Waals surface area contributed by atoms with E-state index in [0.717, 1.165) is 18.7 Å². The highest BCUT2D eigenvalue weighted by atomic mass is 16.5. The molecule has 0 heterocycles. The minimum Gasteiger partial charge on any atom is -0.383 e. The van der Waals surface area contributed by atoms with Crippen molar-refractivity contribution in [1.82, 2.24) is 5.43 Å². The largest absolute Gasteiger partial charge is 0.383 e. The molecule has 13 heavy (non-hydrogen) atoms. The van der Waals surface area contributed by atoms with Gasteiger partial charge in [-0.05, 0) is 6.42 Å². The van der Waals surface area contributed by atoms with E-state index in [1.165, 1.54) is 12.8 Å². The van der Waals surface area contributed by atoms with Gasteiger partial charge in [-0.2, -0.15) is 0 Å². The smallest absolute Gasteiger partial charge is 0.110 e. The number of hydrogen-bond acceptors (Lipinski definition) is 3. The maximum Gasteiger partial charge on any atom is 0.110 e. The van der Waals surface area contributed by atoms with Gasteiger partial charge in [0, 0.05) is 13.5 Å². The maximum atomic E-state index is 5.32. The molecule has 0 radical (unpaired) electrons. The summed E-state index contributed by atoms with van der Waals surface area (Å²) in [5.74, 6) is 6.20. The molecule has 0 spiro atoms. The van der Waals surface area contributed by atoms with Crippen molar-refractivity contribution in [1.29, 1.82) is 0 Å². The molecule has 0 aliphatic heterocycles. The number of amidine groups is 1. The Morgan fingerprint density at radius 2 is 2.23 bits per heavy atom. The van der Waals surface area contributed by atoms with Gasteiger partial charge in [0.15, 0.2) is 0 Å². The maximum absolute atomic E-state index is 5.32. The van der Waals surface area contributed by atoms with E-state index in [2.05, 4.69) is 17.3 Å². The summed E-state index contributed by atoms with van der Waals surface area (Å²) in [4.78, 5) is 4.26. The standard InChI is InChI=1S/C9H21N3O/c1-3-4-5-6-9(12-10)11-7-8-13-2/h3-8,10H2,1-2H3,(H,11,12). The fraction of sp³-hybridized carbons (Fsp3) is 0.889. The number of methoxy groups -OCH3 is 1. The lowest BCUT2D eigenvalue weighted by Gasteiger charge is -2.04. The third-order valence-electron chi connectivity index (χ3n) is 1.78. The molecule has 0 aromatic heterocycles. The van der Waals surface area contributed by atoms with Crippen LogP contribution >= 0.6 is 0 Å². The average Bonchev–Trinajstić information content (AvgIpc) is 2.16. The number of rotatable bonds is 7. The van der Waals surface area contributed by atoms with E-state index in [4.69, 9.17) is 10.6 Å². The Kier molecular flexibility index (Phi) is 9.03. The van der Waals surface area contributed by atoms with Crippen LogP contribution in [0, 0.1) is 0 Å². The molecule has 0 aliphatic rings. The highest BCUT2D eigenvalue weighted by Gasteiger charge is 1.95. The van der Waals surface area contributed by atoms with Crippen molar-refractivity contribution in [2.45, 2.75) is 32.6 Å². The Hall–Kier alpha value is -0.610. The molecule has 0 saturated heterocycles. The zero-order valence-corrected chi connectivity index (χ0v) is 8.68. The van der Waals surface area contributed by atoms with Gasteiger partial charge >= 0.3 is 0 Å². The van der Waals surface area contributed by atoms with Crippen molar-refractivity contribution in [3.63, 3.8) is 0 Å². The Morgan fingerprint density at radius 1 is 1.46 bits per heavy atom. The molecule has 0 amide bonds. The molecule has 3 N–H and O–H groups in total. The van der Waals surface area contributed by atoms with Crippen molar-refractivity contribution in [2.24, 2.45) is 10.8 Å². The lowest BCUT2D eigenvalue weighted by atomic mass is 10.2. The third-order valence-corrected chi connectivity index (χ3v) is 1.78. The van der Waals surface area contributed by atoms with Crippen LogP contribution in [0.2, 0.25) is 0 Å². The van der Waals surface area contributed by atoms with Gasteiger partial charge in [-0.1, -0.05) is 19.8 Å². The topological polar surface area (TPSA) is 59.6 Å². The van der Waals surface area contributed by atoms with Gasteiger partial charge in [-0.3, -0.25) is 4.99 Å². The highest BCUT2D eigenvalue weighted by Crippen LogP contribution is 1.99. The lowest BCUT2D eigenvalue weighted by molar-refractivity contribution is 0.208. The van der Waals surface area contributed by atoms with Crippen molar-refractivity contribution in [3.8, 4) is 0 Å². The average molecular weight is 187 g/mol. The molecular weight excluding hydrogens is 166 g/mol. The summed E-state index contributed by atoms with van der Waals surface area (Å²) in [5.41, 5.74) is 2.61. The van der Waals surface area contributed by atoms with Crippen LogP contribution in [0.15, 0.2) is 4.99 Å². The molecule has 0 aromatic carbocycles. The summed E-state index contributed by atoms with van der Waals surface area (Å²) in [6.45, 7) is 3.51. The predicted octanol–water partition coefficient (Wildman–Crippen LogP) is 1.07. The molecule has 4 nitrogen and oxygen atoms in total. The van der Waals surface area contributed by atoms with Crippen LogP contribution in [-0.2, 0) is 4.74 Å². The van der Waals surface area contributed by atoms with Gasteiger partial charge in [0.05, 0.1) is 13.2 Å². The molecule has 0 atom stereocenters. The lowest BCUT2D eigenvalue weighted by Crippen LogP contribution is -2.30. The fourth-order valence-corrected chi connectivity index (χ4v) is 1.01. The van der Waals surface area contributed by atoms with Crippen LogP contribution < -0.4 is 11.3 Å². The number of nitrogens with one attached hydrogen (secondary N) is 1. The van der Waals surface area contributed by atoms with E-state index in [1.807, 2.05) is 0 Å². The molecule has 4 heteroatoms. The first-order valence-electron chi connectivity index (χ1n) is 4.84. The normalized spacial score (nSPS) is 11.8. The van der Waals surface area contributed by atoms with Gasteiger partial charge in [-0.25, -0.2) is 5.84 Å². The number of hydrazine groups is 1. The minimum absolute atomic E-state index is 0.652. The second-order valence-corrected chi connectivity index (χ2v) is 2.92. The number of hydrogen-bond donors (Lipinski definition) is 2. The van der Waals surface area contributed by atoms with Gasteiger partial charge in [0.25, 0.3) is 0 Å². The zero-order chi connectivity index (χ0) is 9.94. The number of unbranched alkanes of at least 4 members (excludes halogenated alkanes) is 2. The van der Waals surface area contributed by atoms with E-state index in [0.29, 0.717) is 13.2 Å². The predicted molar refractivity (Wildman–Crippen MR) is 55.6 cm³/mol. The first-order chi connectivity index (χ1) is 6.35. The molecule has 0 aromatic rings. The Labute approximate surface area is 80.5 Å². The van der Waals surface area contributed by atoms with Crippen LogP contribution in [0.4, 0.5) is 0 Å². The Morgan fingerprint density at radius 3 is 2.77 bits per heavy atom.